The molecule has 0 bridgehead atoms. The molecule has 0 spiro atoms. The third-order valence-electron chi connectivity index (χ3n) is 3.33. The van der Waals surface area contributed by atoms with Crippen LogP contribution in [0.4, 0.5) is 0 Å². The predicted molar refractivity (Wildman–Crippen MR) is 58.1 cm³/mol. The van der Waals surface area contributed by atoms with E-state index in [1.807, 2.05) is 0 Å². The average molecular weight is 190 g/mol. The van der Waals surface area contributed by atoms with Gasteiger partial charge in [-0.3, -0.25) is 0 Å². The Morgan fingerprint density at radius 3 is 2.43 bits per heavy atom. The van der Waals surface area contributed by atoms with Gasteiger partial charge in [0.25, 0.3) is 0 Å². The van der Waals surface area contributed by atoms with Crippen LogP contribution >= 0.6 is 0 Å². The first-order valence-electron chi connectivity index (χ1n) is 5.40. The van der Waals surface area contributed by atoms with Gasteiger partial charge in [-0.25, -0.2) is 0 Å². The normalized spacial score (nSPS) is 32.1. The van der Waals surface area contributed by atoms with Gasteiger partial charge in [-0.05, 0) is 37.7 Å². The van der Waals surface area contributed by atoms with Gasteiger partial charge in [0.2, 0.25) is 0 Å². The summed E-state index contributed by atoms with van der Waals surface area (Å²) < 4.78 is 0. The highest BCUT2D eigenvalue weighted by Crippen LogP contribution is 2.41. The summed E-state index contributed by atoms with van der Waals surface area (Å²) in [5, 5.41) is 10.4. The van der Waals surface area contributed by atoms with Crippen molar-refractivity contribution in [3.8, 4) is 0 Å². The van der Waals surface area contributed by atoms with Gasteiger partial charge in [-0.1, -0.05) is 36.8 Å². The van der Waals surface area contributed by atoms with Gasteiger partial charge in [0, 0.05) is 0 Å². The van der Waals surface area contributed by atoms with Gasteiger partial charge >= 0.3 is 0 Å². The molecule has 2 unspecified atom stereocenters. The summed E-state index contributed by atoms with van der Waals surface area (Å²) >= 11 is 0. The fraction of sp³-hybridized carbons (Fsp3) is 0.538. The molecule has 1 aliphatic carbocycles. The van der Waals surface area contributed by atoms with Gasteiger partial charge in [0.05, 0.1) is 5.60 Å². The Bertz CT molecular complexity index is 315. The fourth-order valence-corrected chi connectivity index (χ4v) is 2.39. The average Bonchev–Trinajstić information content (AvgIpc) is 2.48. The molecule has 2 atom stereocenters. The van der Waals surface area contributed by atoms with E-state index >= 15 is 0 Å². The van der Waals surface area contributed by atoms with E-state index in [0.717, 1.165) is 24.8 Å². The summed E-state index contributed by atoms with van der Waals surface area (Å²) in [5.74, 6) is 0.654. The quantitative estimate of drug-likeness (QED) is 0.721. The molecule has 1 aromatic carbocycles. The highest BCUT2D eigenvalue weighted by Gasteiger charge is 2.36. The zero-order chi connectivity index (χ0) is 10.2. The Balaban J connectivity index is 2.26. The molecule has 0 saturated heterocycles. The largest absolute Gasteiger partial charge is 0.385 e. The van der Waals surface area contributed by atoms with Crippen LogP contribution in [-0.4, -0.2) is 5.11 Å². The maximum atomic E-state index is 10.4. The Hall–Kier alpha value is -0.820. The van der Waals surface area contributed by atoms with E-state index in [4.69, 9.17) is 0 Å². The van der Waals surface area contributed by atoms with Crippen LogP contribution in [0.25, 0.3) is 0 Å². The lowest BCUT2D eigenvalue weighted by Gasteiger charge is -2.23. The van der Waals surface area contributed by atoms with E-state index in [2.05, 4.69) is 38.1 Å². The van der Waals surface area contributed by atoms with E-state index < -0.39 is 5.60 Å². The highest BCUT2D eigenvalue weighted by molar-refractivity contribution is 5.27. The first-order valence-corrected chi connectivity index (χ1v) is 5.40. The SMILES string of the molecule is Cc1ccc(C2(O)CCC(C)C2)cc1. The molecule has 0 aliphatic heterocycles. The summed E-state index contributed by atoms with van der Waals surface area (Å²) in [6, 6.07) is 8.29. The maximum Gasteiger partial charge on any atom is 0.0899 e. The standard InChI is InChI=1S/C13H18O/c1-10-3-5-12(6-4-10)13(14)8-7-11(2)9-13/h3-6,11,14H,7-9H2,1-2H3. The van der Waals surface area contributed by atoms with Crippen molar-refractivity contribution in [3.63, 3.8) is 0 Å². The molecule has 14 heavy (non-hydrogen) atoms. The van der Waals surface area contributed by atoms with Crippen LogP contribution in [-0.2, 0) is 5.60 Å². The minimum absolute atomic E-state index is 0.548. The van der Waals surface area contributed by atoms with Crippen molar-refractivity contribution in [1.82, 2.24) is 0 Å². The highest BCUT2D eigenvalue weighted by atomic mass is 16.3. The Labute approximate surface area is 85.8 Å². The fourth-order valence-electron chi connectivity index (χ4n) is 2.39. The molecule has 0 radical (unpaired) electrons. The molecular formula is C13H18O. The van der Waals surface area contributed by atoms with Crippen molar-refractivity contribution in [2.45, 2.75) is 38.7 Å². The van der Waals surface area contributed by atoms with Crippen LogP contribution in [0, 0.1) is 12.8 Å². The first kappa shape index (κ1) is 9.72. The second kappa shape index (κ2) is 3.39. The van der Waals surface area contributed by atoms with E-state index in [9.17, 15) is 5.11 Å². The zero-order valence-electron chi connectivity index (χ0n) is 8.96. The van der Waals surface area contributed by atoms with E-state index in [1.54, 1.807) is 0 Å². The number of aryl methyl sites for hydroxylation is 1. The van der Waals surface area contributed by atoms with Crippen LogP contribution in [0.5, 0.6) is 0 Å². The van der Waals surface area contributed by atoms with Crippen LogP contribution in [0.15, 0.2) is 24.3 Å². The van der Waals surface area contributed by atoms with Crippen LogP contribution < -0.4 is 0 Å². The van der Waals surface area contributed by atoms with Gasteiger partial charge in [0.15, 0.2) is 0 Å². The molecule has 76 valence electrons. The lowest BCUT2D eigenvalue weighted by molar-refractivity contribution is 0.0408. The molecule has 1 fully saturated rings. The number of aliphatic hydroxyl groups is 1. The minimum Gasteiger partial charge on any atom is -0.385 e. The molecule has 1 aliphatic rings. The molecular weight excluding hydrogens is 172 g/mol. The van der Waals surface area contributed by atoms with Crippen LogP contribution in [0.3, 0.4) is 0 Å². The van der Waals surface area contributed by atoms with Crippen molar-refractivity contribution >= 4 is 0 Å². The Kier molecular flexibility index (Phi) is 2.36. The van der Waals surface area contributed by atoms with Crippen molar-refractivity contribution in [2.24, 2.45) is 5.92 Å². The second-order valence-corrected chi connectivity index (χ2v) is 4.75. The summed E-state index contributed by atoms with van der Waals surface area (Å²) in [6.07, 6.45) is 2.97. The van der Waals surface area contributed by atoms with Gasteiger partial charge in [-0.15, -0.1) is 0 Å². The summed E-state index contributed by atoms with van der Waals surface area (Å²) in [5.41, 5.74) is 1.79. The van der Waals surface area contributed by atoms with E-state index in [1.165, 1.54) is 5.56 Å². The second-order valence-electron chi connectivity index (χ2n) is 4.75. The van der Waals surface area contributed by atoms with E-state index in [0.29, 0.717) is 5.92 Å². The Morgan fingerprint density at radius 2 is 1.93 bits per heavy atom. The lowest BCUT2D eigenvalue weighted by atomic mass is 9.91. The number of rotatable bonds is 1. The molecule has 1 nitrogen and oxygen atoms in total. The van der Waals surface area contributed by atoms with Crippen molar-refractivity contribution in [1.29, 1.82) is 0 Å². The summed E-state index contributed by atoms with van der Waals surface area (Å²) in [7, 11) is 0. The molecule has 0 aromatic heterocycles. The van der Waals surface area contributed by atoms with Gasteiger partial charge in [-0.2, -0.15) is 0 Å². The molecule has 1 aromatic rings. The molecule has 1 saturated carbocycles. The molecule has 0 heterocycles. The monoisotopic (exact) mass is 190 g/mol. The number of hydrogen-bond donors (Lipinski definition) is 1. The van der Waals surface area contributed by atoms with Crippen molar-refractivity contribution < 1.29 is 5.11 Å². The maximum absolute atomic E-state index is 10.4. The Morgan fingerprint density at radius 1 is 1.29 bits per heavy atom. The summed E-state index contributed by atoms with van der Waals surface area (Å²) in [4.78, 5) is 0. The lowest BCUT2D eigenvalue weighted by Crippen LogP contribution is -2.21. The molecule has 2 rings (SSSR count). The van der Waals surface area contributed by atoms with Gasteiger partial charge in [0.1, 0.15) is 0 Å². The number of hydrogen-bond acceptors (Lipinski definition) is 1. The minimum atomic E-state index is -0.548. The zero-order valence-corrected chi connectivity index (χ0v) is 8.96. The smallest absolute Gasteiger partial charge is 0.0899 e. The molecule has 1 N–H and O–H groups in total. The van der Waals surface area contributed by atoms with Crippen molar-refractivity contribution in [3.05, 3.63) is 35.4 Å². The van der Waals surface area contributed by atoms with Crippen molar-refractivity contribution in [2.75, 3.05) is 0 Å². The molecule has 1 heteroatoms. The summed E-state index contributed by atoms with van der Waals surface area (Å²) in [6.45, 7) is 4.29. The van der Waals surface area contributed by atoms with E-state index in [-0.39, 0.29) is 0 Å². The first-order chi connectivity index (χ1) is 6.60. The van der Waals surface area contributed by atoms with Crippen LogP contribution in [0.2, 0.25) is 0 Å². The topological polar surface area (TPSA) is 20.2 Å². The third kappa shape index (κ3) is 1.69. The predicted octanol–water partition coefficient (Wildman–Crippen LogP) is 3.00. The van der Waals surface area contributed by atoms with Gasteiger partial charge < -0.3 is 5.11 Å². The van der Waals surface area contributed by atoms with Crippen LogP contribution in [0.1, 0.15) is 37.3 Å². The molecule has 0 amide bonds. The third-order valence-corrected chi connectivity index (χ3v) is 3.33. The number of benzene rings is 1.